The van der Waals surface area contributed by atoms with E-state index in [1.54, 1.807) is 6.20 Å². The third-order valence-electron chi connectivity index (χ3n) is 4.21. The molecule has 2 aromatic rings. The molecule has 3 heterocycles. The largest absolute Gasteiger partial charge is 0.365 e. The Morgan fingerprint density at radius 2 is 2.36 bits per heavy atom. The molecule has 0 bridgehead atoms. The summed E-state index contributed by atoms with van der Waals surface area (Å²) in [4.78, 5) is 22.1. The van der Waals surface area contributed by atoms with E-state index in [2.05, 4.69) is 15.3 Å². The molecule has 0 aliphatic carbocycles. The summed E-state index contributed by atoms with van der Waals surface area (Å²) in [7, 11) is 0. The lowest BCUT2D eigenvalue weighted by molar-refractivity contribution is 0.0718. The summed E-state index contributed by atoms with van der Waals surface area (Å²) in [6.45, 7) is 5.36. The van der Waals surface area contributed by atoms with Crippen molar-refractivity contribution in [2.24, 2.45) is 5.92 Å². The number of nitrogens with zero attached hydrogens (tertiary/aromatic N) is 2. The van der Waals surface area contributed by atoms with Gasteiger partial charge in [0.05, 0.1) is 5.56 Å². The Labute approximate surface area is 130 Å². The topological polar surface area (TPSA) is 61.0 Å². The van der Waals surface area contributed by atoms with E-state index in [1.165, 1.54) is 0 Å². The average Bonchev–Trinajstić information content (AvgIpc) is 3.18. The lowest BCUT2D eigenvalue weighted by Crippen LogP contribution is -2.35. The third-order valence-corrected chi connectivity index (χ3v) is 4.21. The van der Waals surface area contributed by atoms with E-state index in [4.69, 9.17) is 0 Å². The van der Waals surface area contributed by atoms with Gasteiger partial charge in [-0.05, 0) is 50.0 Å². The highest BCUT2D eigenvalue weighted by atomic mass is 16.2. The van der Waals surface area contributed by atoms with Crippen molar-refractivity contribution in [3.8, 4) is 0 Å². The molecular formula is C17H22N4O. The maximum absolute atomic E-state index is 12.9. The van der Waals surface area contributed by atoms with Crippen LogP contribution in [-0.4, -0.2) is 40.4 Å². The van der Waals surface area contributed by atoms with Gasteiger partial charge >= 0.3 is 0 Å². The van der Waals surface area contributed by atoms with E-state index in [-0.39, 0.29) is 5.91 Å². The average molecular weight is 298 g/mol. The Bertz CT molecular complexity index is 617. The number of nitrogens with one attached hydrogen (secondary N) is 2. The number of hydrogen-bond donors (Lipinski definition) is 2. The minimum absolute atomic E-state index is 0.0921. The molecular weight excluding hydrogens is 276 g/mol. The van der Waals surface area contributed by atoms with E-state index < -0.39 is 0 Å². The summed E-state index contributed by atoms with van der Waals surface area (Å²) in [5, 5.41) is 3.37. The van der Waals surface area contributed by atoms with E-state index >= 15 is 0 Å². The highest BCUT2D eigenvalue weighted by Gasteiger charge is 2.24. The third kappa shape index (κ3) is 3.36. The normalized spacial score (nSPS) is 17.6. The minimum Gasteiger partial charge on any atom is -0.365 e. The SMILES string of the molecule is Cc1[nH]ccc1C(=O)N(Cc1cccnc1)C[C@@H]1CCNC1. The zero-order valence-corrected chi connectivity index (χ0v) is 12.9. The van der Waals surface area contributed by atoms with Crippen LogP contribution in [0.25, 0.3) is 0 Å². The highest BCUT2D eigenvalue weighted by molar-refractivity contribution is 5.95. The molecule has 1 fully saturated rings. The van der Waals surface area contributed by atoms with Gasteiger partial charge in [-0.15, -0.1) is 0 Å². The van der Waals surface area contributed by atoms with Crippen molar-refractivity contribution >= 4 is 5.91 Å². The lowest BCUT2D eigenvalue weighted by Gasteiger charge is -2.25. The molecule has 1 amide bonds. The predicted molar refractivity (Wildman–Crippen MR) is 85.5 cm³/mol. The Kier molecular flexibility index (Phi) is 4.53. The second-order valence-electron chi connectivity index (χ2n) is 5.92. The molecule has 22 heavy (non-hydrogen) atoms. The number of H-pyrrole nitrogens is 1. The van der Waals surface area contributed by atoms with Gasteiger partial charge in [-0.3, -0.25) is 9.78 Å². The van der Waals surface area contributed by atoms with Crippen LogP contribution in [0.15, 0.2) is 36.8 Å². The Hall–Kier alpha value is -2.14. The van der Waals surface area contributed by atoms with Crippen LogP contribution in [0.1, 0.15) is 28.0 Å². The first kappa shape index (κ1) is 14.8. The van der Waals surface area contributed by atoms with Crippen molar-refractivity contribution in [2.45, 2.75) is 19.9 Å². The number of aromatic amines is 1. The molecule has 3 rings (SSSR count). The van der Waals surface area contributed by atoms with Crippen molar-refractivity contribution in [1.82, 2.24) is 20.2 Å². The van der Waals surface area contributed by atoms with Crippen LogP contribution in [0, 0.1) is 12.8 Å². The van der Waals surface area contributed by atoms with Gasteiger partial charge in [0.25, 0.3) is 5.91 Å². The second kappa shape index (κ2) is 6.75. The fourth-order valence-corrected chi connectivity index (χ4v) is 2.97. The van der Waals surface area contributed by atoms with E-state index in [9.17, 15) is 4.79 Å². The van der Waals surface area contributed by atoms with E-state index in [0.29, 0.717) is 12.5 Å². The first-order valence-electron chi connectivity index (χ1n) is 7.77. The first-order chi connectivity index (χ1) is 10.7. The van der Waals surface area contributed by atoms with Crippen molar-refractivity contribution < 1.29 is 4.79 Å². The summed E-state index contributed by atoms with van der Waals surface area (Å²) >= 11 is 0. The molecule has 1 saturated heterocycles. The van der Waals surface area contributed by atoms with Crippen LogP contribution in [0.2, 0.25) is 0 Å². The number of pyridine rings is 1. The summed E-state index contributed by atoms with van der Waals surface area (Å²) in [5.41, 5.74) is 2.75. The van der Waals surface area contributed by atoms with Crippen LogP contribution in [0.5, 0.6) is 0 Å². The van der Waals surface area contributed by atoms with Crippen molar-refractivity contribution in [3.63, 3.8) is 0 Å². The molecule has 1 aliphatic heterocycles. The quantitative estimate of drug-likeness (QED) is 0.887. The molecule has 5 heteroatoms. The van der Waals surface area contributed by atoms with Crippen LogP contribution >= 0.6 is 0 Å². The van der Waals surface area contributed by atoms with E-state index in [1.807, 2.05) is 42.4 Å². The van der Waals surface area contributed by atoms with Gasteiger partial charge in [-0.1, -0.05) is 6.07 Å². The van der Waals surface area contributed by atoms with E-state index in [0.717, 1.165) is 42.9 Å². The van der Waals surface area contributed by atoms with Crippen LogP contribution < -0.4 is 5.32 Å². The van der Waals surface area contributed by atoms with Gasteiger partial charge in [0, 0.05) is 37.4 Å². The number of carbonyl (C=O) groups is 1. The molecule has 1 atom stereocenters. The van der Waals surface area contributed by atoms with Gasteiger partial charge < -0.3 is 15.2 Å². The van der Waals surface area contributed by atoms with Crippen molar-refractivity contribution in [3.05, 3.63) is 53.6 Å². The van der Waals surface area contributed by atoms with Crippen molar-refractivity contribution in [2.75, 3.05) is 19.6 Å². The zero-order chi connectivity index (χ0) is 15.4. The van der Waals surface area contributed by atoms with Crippen LogP contribution in [-0.2, 0) is 6.54 Å². The van der Waals surface area contributed by atoms with Gasteiger partial charge in [0.15, 0.2) is 0 Å². The molecule has 116 valence electrons. The minimum atomic E-state index is 0.0921. The van der Waals surface area contributed by atoms with Gasteiger partial charge in [-0.25, -0.2) is 0 Å². The molecule has 5 nitrogen and oxygen atoms in total. The number of carbonyl (C=O) groups excluding carboxylic acids is 1. The molecule has 0 radical (unpaired) electrons. The number of hydrogen-bond acceptors (Lipinski definition) is 3. The smallest absolute Gasteiger partial charge is 0.255 e. The Morgan fingerprint density at radius 1 is 1.45 bits per heavy atom. The fourth-order valence-electron chi connectivity index (χ4n) is 2.97. The summed E-state index contributed by atoms with van der Waals surface area (Å²) in [5.74, 6) is 0.620. The maximum atomic E-state index is 12.9. The Balaban J connectivity index is 1.78. The first-order valence-corrected chi connectivity index (χ1v) is 7.77. The van der Waals surface area contributed by atoms with Crippen LogP contribution in [0.3, 0.4) is 0 Å². The number of aryl methyl sites for hydroxylation is 1. The monoisotopic (exact) mass is 298 g/mol. The molecule has 2 aromatic heterocycles. The number of aromatic nitrogens is 2. The maximum Gasteiger partial charge on any atom is 0.255 e. The van der Waals surface area contributed by atoms with Crippen LogP contribution in [0.4, 0.5) is 0 Å². The van der Waals surface area contributed by atoms with Gasteiger partial charge in [-0.2, -0.15) is 0 Å². The van der Waals surface area contributed by atoms with Gasteiger partial charge in [0.1, 0.15) is 0 Å². The molecule has 1 aliphatic rings. The number of rotatable bonds is 5. The molecule has 0 unspecified atom stereocenters. The standard InChI is InChI=1S/C17H22N4O/c1-13-16(5-8-20-13)17(22)21(12-15-4-7-19-10-15)11-14-3-2-6-18-9-14/h2-3,5-6,8-9,15,19-20H,4,7,10-12H2,1H3/t15-/m1/s1. The zero-order valence-electron chi connectivity index (χ0n) is 12.9. The van der Waals surface area contributed by atoms with Gasteiger partial charge in [0.2, 0.25) is 0 Å². The highest BCUT2D eigenvalue weighted by Crippen LogP contribution is 2.17. The molecule has 0 saturated carbocycles. The lowest BCUT2D eigenvalue weighted by atomic mass is 10.1. The molecule has 0 spiro atoms. The summed E-state index contributed by atoms with van der Waals surface area (Å²) < 4.78 is 0. The summed E-state index contributed by atoms with van der Waals surface area (Å²) in [6, 6.07) is 5.79. The molecule has 2 N–H and O–H groups in total. The number of amides is 1. The second-order valence-corrected chi connectivity index (χ2v) is 5.92. The predicted octanol–water partition coefficient (Wildman–Crippen LogP) is 1.97. The molecule has 0 aromatic carbocycles. The fraction of sp³-hybridized carbons (Fsp3) is 0.412. The Morgan fingerprint density at radius 3 is 3.00 bits per heavy atom. The summed E-state index contributed by atoms with van der Waals surface area (Å²) in [6.07, 6.45) is 6.54. The van der Waals surface area contributed by atoms with Crippen molar-refractivity contribution in [1.29, 1.82) is 0 Å².